The molecule has 5 heteroatoms. The van der Waals surface area contributed by atoms with E-state index < -0.39 is 0 Å². The van der Waals surface area contributed by atoms with Crippen LogP contribution in [0.15, 0.2) is 48.5 Å². The highest BCUT2D eigenvalue weighted by Gasteiger charge is 2.08. The Morgan fingerprint density at radius 1 is 1.14 bits per heavy atom. The molecule has 0 aromatic heterocycles. The average molecular weight is 288 g/mol. The summed E-state index contributed by atoms with van der Waals surface area (Å²) < 4.78 is 18.3. The van der Waals surface area contributed by atoms with Gasteiger partial charge in [-0.15, -0.1) is 0 Å². The number of amides is 1. The van der Waals surface area contributed by atoms with Crippen LogP contribution in [0.25, 0.3) is 0 Å². The fourth-order valence-corrected chi connectivity index (χ4v) is 1.85. The van der Waals surface area contributed by atoms with Crippen molar-refractivity contribution in [2.45, 2.75) is 6.42 Å². The summed E-state index contributed by atoms with van der Waals surface area (Å²) in [7, 11) is 0. The second-order valence-corrected chi connectivity index (χ2v) is 4.48. The smallest absolute Gasteiger partial charge is 0.228 e. The molecule has 0 saturated carbocycles. The van der Waals surface area contributed by atoms with Crippen LogP contribution in [0.5, 0.6) is 5.75 Å². The molecule has 0 fully saturated rings. The Morgan fingerprint density at radius 3 is 2.57 bits per heavy atom. The lowest BCUT2D eigenvalue weighted by molar-refractivity contribution is -0.115. The molecule has 2 aromatic rings. The van der Waals surface area contributed by atoms with Crippen LogP contribution in [-0.2, 0) is 11.2 Å². The number of carbonyl (C=O) groups excluding carboxylic acids is 1. The summed E-state index contributed by atoms with van der Waals surface area (Å²) >= 11 is 0. The average Bonchev–Trinajstić information content (AvgIpc) is 2.49. The Labute approximate surface area is 122 Å². The summed E-state index contributed by atoms with van der Waals surface area (Å²) in [6.45, 7) is 0.780. The quantitative estimate of drug-likeness (QED) is 0.857. The van der Waals surface area contributed by atoms with Crippen LogP contribution in [0, 0.1) is 5.82 Å². The maximum Gasteiger partial charge on any atom is 0.228 e. The van der Waals surface area contributed by atoms with E-state index in [0.29, 0.717) is 24.6 Å². The Balaban J connectivity index is 2.00. The summed E-state index contributed by atoms with van der Waals surface area (Å²) in [6.07, 6.45) is 0.172. The van der Waals surface area contributed by atoms with E-state index in [4.69, 9.17) is 10.5 Å². The molecular weight excluding hydrogens is 271 g/mol. The van der Waals surface area contributed by atoms with Gasteiger partial charge in [0, 0.05) is 6.54 Å². The van der Waals surface area contributed by atoms with Crippen LogP contribution in [0.1, 0.15) is 5.56 Å². The van der Waals surface area contributed by atoms with Crippen LogP contribution in [0.3, 0.4) is 0 Å². The second kappa shape index (κ2) is 7.40. The lowest BCUT2D eigenvalue weighted by Crippen LogP contribution is -2.16. The third-order valence-corrected chi connectivity index (χ3v) is 2.81. The lowest BCUT2D eigenvalue weighted by atomic mass is 10.1. The van der Waals surface area contributed by atoms with Crippen molar-refractivity contribution in [2.75, 3.05) is 18.5 Å². The molecule has 0 heterocycles. The molecule has 3 N–H and O–H groups in total. The highest BCUT2D eigenvalue weighted by Crippen LogP contribution is 2.23. The molecule has 0 atom stereocenters. The van der Waals surface area contributed by atoms with Gasteiger partial charge in [0.05, 0.1) is 12.1 Å². The third-order valence-electron chi connectivity index (χ3n) is 2.81. The number of hydrogen-bond acceptors (Lipinski definition) is 3. The standard InChI is InChI=1S/C16H17FN2O2/c17-13-7-5-12(6-8-13)11-16(20)19-14-3-1-2-4-15(14)21-10-9-18/h1-8H,9-11,18H2,(H,19,20). The first kappa shape index (κ1) is 15.0. The zero-order valence-corrected chi connectivity index (χ0v) is 11.5. The topological polar surface area (TPSA) is 64.3 Å². The molecular formula is C16H17FN2O2. The minimum absolute atomic E-state index is 0.172. The molecule has 0 aliphatic rings. The number of halogens is 1. The maximum atomic E-state index is 12.8. The number of nitrogens with two attached hydrogens (primary N) is 1. The molecule has 0 spiro atoms. The number of hydrogen-bond donors (Lipinski definition) is 2. The minimum atomic E-state index is -0.320. The predicted octanol–water partition coefficient (Wildman–Crippen LogP) is 2.34. The molecule has 0 aliphatic heterocycles. The summed E-state index contributed by atoms with van der Waals surface area (Å²) in [4.78, 5) is 12.0. The van der Waals surface area contributed by atoms with Crippen molar-refractivity contribution in [1.29, 1.82) is 0 Å². The summed E-state index contributed by atoms with van der Waals surface area (Å²) in [6, 6.07) is 13.0. The van der Waals surface area contributed by atoms with E-state index in [1.54, 1.807) is 24.3 Å². The van der Waals surface area contributed by atoms with E-state index in [2.05, 4.69) is 5.32 Å². The summed E-state index contributed by atoms with van der Waals surface area (Å²) in [5.41, 5.74) is 6.74. The van der Waals surface area contributed by atoms with E-state index in [1.165, 1.54) is 12.1 Å². The van der Waals surface area contributed by atoms with Crippen LogP contribution in [0.4, 0.5) is 10.1 Å². The highest BCUT2D eigenvalue weighted by atomic mass is 19.1. The van der Waals surface area contributed by atoms with Crippen LogP contribution in [0.2, 0.25) is 0 Å². The fraction of sp³-hybridized carbons (Fsp3) is 0.188. The van der Waals surface area contributed by atoms with Gasteiger partial charge in [-0.05, 0) is 29.8 Å². The molecule has 1 amide bonds. The minimum Gasteiger partial charge on any atom is -0.490 e. The van der Waals surface area contributed by atoms with Gasteiger partial charge in [-0.25, -0.2) is 4.39 Å². The SMILES string of the molecule is NCCOc1ccccc1NC(=O)Cc1ccc(F)cc1. The largest absolute Gasteiger partial charge is 0.490 e. The first-order valence-corrected chi connectivity index (χ1v) is 6.65. The Kier molecular flexibility index (Phi) is 5.29. The van der Waals surface area contributed by atoms with Gasteiger partial charge in [0.25, 0.3) is 0 Å². The van der Waals surface area contributed by atoms with Gasteiger partial charge in [-0.2, -0.15) is 0 Å². The molecule has 0 aliphatic carbocycles. The number of carbonyl (C=O) groups is 1. The number of benzene rings is 2. The molecule has 0 unspecified atom stereocenters. The number of anilines is 1. The van der Waals surface area contributed by atoms with Gasteiger partial charge < -0.3 is 15.8 Å². The Hall–Kier alpha value is -2.40. The highest BCUT2D eigenvalue weighted by molar-refractivity contribution is 5.93. The van der Waals surface area contributed by atoms with Gasteiger partial charge in [0.1, 0.15) is 18.2 Å². The maximum absolute atomic E-state index is 12.8. The monoisotopic (exact) mass is 288 g/mol. The van der Waals surface area contributed by atoms with E-state index in [9.17, 15) is 9.18 Å². The summed E-state index contributed by atoms with van der Waals surface area (Å²) in [5.74, 6) is 0.0699. The van der Waals surface area contributed by atoms with Crippen molar-refractivity contribution >= 4 is 11.6 Å². The molecule has 0 saturated heterocycles. The van der Waals surface area contributed by atoms with Crippen molar-refractivity contribution < 1.29 is 13.9 Å². The Bertz CT molecular complexity index is 599. The Morgan fingerprint density at radius 2 is 1.86 bits per heavy atom. The first-order valence-electron chi connectivity index (χ1n) is 6.65. The fourth-order valence-electron chi connectivity index (χ4n) is 1.85. The third kappa shape index (κ3) is 4.57. The molecule has 110 valence electrons. The van der Waals surface area contributed by atoms with E-state index >= 15 is 0 Å². The van der Waals surface area contributed by atoms with E-state index in [-0.39, 0.29) is 18.1 Å². The number of nitrogens with one attached hydrogen (secondary N) is 1. The van der Waals surface area contributed by atoms with Crippen molar-refractivity contribution in [3.05, 3.63) is 59.9 Å². The molecule has 2 aromatic carbocycles. The normalized spacial score (nSPS) is 10.2. The molecule has 0 bridgehead atoms. The van der Waals surface area contributed by atoms with Crippen LogP contribution in [-0.4, -0.2) is 19.1 Å². The number of para-hydroxylation sites is 2. The predicted molar refractivity (Wildman–Crippen MR) is 79.7 cm³/mol. The molecule has 21 heavy (non-hydrogen) atoms. The van der Waals surface area contributed by atoms with Crippen molar-refractivity contribution in [3.63, 3.8) is 0 Å². The van der Waals surface area contributed by atoms with Gasteiger partial charge in [0.15, 0.2) is 0 Å². The first-order chi connectivity index (χ1) is 10.2. The molecule has 4 nitrogen and oxygen atoms in total. The molecule has 0 radical (unpaired) electrons. The lowest BCUT2D eigenvalue weighted by Gasteiger charge is -2.11. The second-order valence-electron chi connectivity index (χ2n) is 4.48. The zero-order valence-electron chi connectivity index (χ0n) is 11.5. The summed E-state index contributed by atoms with van der Waals surface area (Å²) in [5, 5.41) is 2.78. The van der Waals surface area contributed by atoms with Crippen molar-refractivity contribution in [3.8, 4) is 5.75 Å². The van der Waals surface area contributed by atoms with Gasteiger partial charge >= 0.3 is 0 Å². The van der Waals surface area contributed by atoms with Gasteiger partial charge in [0.2, 0.25) is 5.91 Å². The van der Waals surface area contributed by atoms with Crippen LogP contribution < -0.4 is 15.8 Å². The molecule has 2 rings (SSSR count). The van der Waals surface area contributed by atoms with Crippen molar-refractivity contribution in [2.24, 2.45) is 5.73 Å². The van der Waals surface area contributed by atoms with E-state index in [1.807, 2.05) is 12.1 Å². The number of ether oxygens (including phenoxy) is 1. The number of rotatable bonds is 6. The van der Waals surface area contributed by atoms with Gasteiger partial charge in [-0.3, -0.25) is 4.79 Å². The van der Waals surface area contributed by atoms with E-state index in [0.717, 1.165) is 5.56 Å². The van der Waals surface area contributed by atoms with Crippen molar-refractivity contribution in [1.82, 2.24) is 0 Å². The van der Waals surface area contributed by atoms with Crippen LogP contribution >= 0.6 is 0 Å². The van der Waals surface area contributed by atoms with Gasteiger partial charge in [-0.1, -0.05) is 24.3 Å². The zero-order chi connectivity index (χ0) is 15.1.